The van der Waals surface area contributed by atoms with Crippen molar-refractivity contribution >= 4 is 33.2 Å². The van der Waals surface area contributed by atoms with Gasteiger partial charge in [-0.3, -0.25) is 4.72 Å². The Morgan fingerprint density at radius 2 is 1.85 bits per heavy atom. The van der Waals surface area contributed by atoms with Crippen LogP contribution in [0.3, 0.4) is 0 Å². The Labute approximate surface area is 121 Å². The zero-order valence-corrected chi connectivity index (χ0v) is 12.3. The second kappa shape index (κ2) is 5.72. The number of para-hydroxylation sites is 2. The molecule has 0 spiro atoms. The quantitative estimate of drug-likeness (QED) is 0.672. The highest BCUT2D eigenvalue weighted by Crippen LogP contribution is 2.29. The molecule has 0 amide bonds. The van der Waals surface area contributed by atoms with Crippen molar-refractivity contribution in [3.63, 3.8) is 0 Å². The van der Waals surface area contributed by atoms with Gasteiger partial charge in [0.1, 0.15) is 10.7 Å². The van der Waals surface area contributed by atoms with Crippen molar-refractivity contribution in [1.29, 1.82) is 0 Å². The third-order valence-corrected chi connectivity index (χ3v) is 4.87. The Balaban J connectivity index is 2.44. The van der Waals surface area contributed by atoms with Crippen LogP contribution in [0.1, 0.15) is 0 Å². The second-order valence-corrected chi connectivity index (χ2v) is 6.46. The first-order chi connectivity index (χ1) is 9.45. The summed E-state index contributed by atoms with van der Waals surface area (Å²) < 4.78 is 40.4. The van der Waals surface area contributed by atoms with Crippen LogP contribution < -0.4 is 10.5 Å². The molecular formula is C13H13FN2O2S2. The molecule has 4 nitrogen and oxygen atoms in total. The summed E-state index contributed by atoms with van der Waals surface area (Å²) in [5, 5.41) is 0. The molecule has 0 aliphatic carbocycles. The average Bonchev–Trinajstić information content (AvgIpc) is 2.42. The molecule has 0 saturated heterocycles. The molecule has 0 atom stereocenters. The summed E-state index contributed by atoms with van der Waals surface area (Å²) in [6.45, 7) is 0. The summed E-state index contributed by atoms with van der Waals surface area (Å²) in [7, 11) is -3.93. The average molecular weight is 312 g/mol. The molecule has 2 aromatic carbocycles. The van der Waals surface area contributed by atoms with E-state index in [1.54, 1.807) is 24.3 Å². The number of sulfonamides is 1. The number of benzene rings is 2. The Bertz CT molecular complexity index is 733. The van der Waals surface area contributed by atoms with Crippen molar-refractivity contribution in [2.75, 3.05) is 16.7 Å². The third kappa shape index (κ3) is 2.88. The first kappa shape index (κ1) is 14.7. The number of rotatable bonds is 4. The first-order valence-corrected chi connectivity index (χ1v) is 8.36. The molecule has 7 heteroatoms. The third-order valence-electron chi connectivity index (χ3n) is 2.65. The van der Waals surface area contributed by atoms with Crippen LogP contribution in [-0.2, 0) is 10.0 Å². The summed E-state index contributed by atoms with van der Waals surface area (Å²) in [6.07, 6.45) is 1.84. The van der Waals surface area contributed by atoms with Gasteiger partial charge in [0.05, 0.1) is 11.4 Å². The normalized spacial score (nSPS) is 11.3. The molecule has 2 aromatic rings. The number of hydrogen-bond donors (Lipinski definition) is 2. The molecule has 0 fully saturated rings. The van der Waals surface area contributed by atoms with Gasteiger partial charge in [0.2, 0.25) is 0 Å². The van der Waals surface area contributed by atoms with Gasteiger partial charge in [-0.25, -0.2) is 12.8 Å². The maximum Gasteiger partial charge on any atom is 0.264 e. The van der Waals surface area contributed by atoms with E-state index in [4.69, 9.17) is 5.73 Å². The number of halogens is 1. The largest absolute Gasteiger partial charge is 0.395 e. The fourth-order valence-electron chi connectivity index (χ4n) is 1.68. The van der Waals surface area contributed by atoms with E-state index >= 15 is 0 Å². The van der Waals surface area contributed by atoms with E-state index in [-0.39, 0.29) is 10.6 Å². The Kier molecular flexibility index (Phi) is 4.20. The summed E-state index contributed by atoms with van der Waals surface area (Å²) in [5.74, 6) is -0.758. The Hall–Kier alpha value is -1.73. The van der Waals surface area contributed by atoms with Gasteiger partial charge in [-0.1, -0.05) is 18.2 Å². The molecule has 0 radical (unpaired) electrons. The fraction of sp³-hybridized carbons (Fsp3) is 0.0769. The van der Waals surface area contributed by atoms with Crippen molar-refractivity contribution < 1.29 is 12.8 Å². The smallest absolute Gasteiger partial charge is 0.264 e. The van der Waals surface area contributed by atoms with Gasteiger partial charge in [-0.15, -0.1) is 11.8 Å². The number of hydrogen-bond acceptors (Lipinski definition) is 4. The molecular weight excluding hydrogens is 299 g/mol. The van der Waals surface area contributed by atoms with Crippen LogP contribution in [0.25, 0.3) is 0 Å². The molecule has 0 heterocycles. The summed E-state index contributed by atoms with van der Waals surface area (Å²) >= 11 is 1.41. The molecule has 0 bridgehead atoms. The Morgan fingerprint density at radius 1 is 1.15 bits per heavy atom. The number of thioether (sulfide) groups is 1. The summed E-state index contributed by atoms with van der Waals surface area (Å²) in [4.78, 5) is 0.499. The lowest BCUT2D eigenvalue weighted by Crippen LogP contribution is -2.16. The first-order valence-electron chi connectivity index (χ1n) is 5.65. The highest BCUT2D eigenvalue weighted by Gasteiger charge is 2.20. The second-order valence-electron chi connectivity index (χ2n) is 3.96. The van der Waals surface area contributed by atoms with E-state index in [1.165, 1.54) is 23.9 Å². The van der Waals surface area contributed by atoms with Crippen molar-refractivity contribution in [3.05, 3.63) is 48.3 Å². The molecule has 2 rings (SSSR count). The van der Waals surface area contributed by atoms with E-state index in [9.17, 15) is 12.8 Å². The summed E-state index contributed by atoms with van der Waals surface area (Å²) in [6, 6.07) is 10.6. The van der Waals surface area contributed by atoms with Gasteiger partial charge in [0.15, 0.2) is 0 Å². The minimum Gasteiger partial charge on any atom is -0.395 e. The van der Waals surface area contributed by atoms with E-state index in [1.807, 2.05) is 6.26 Å². The molecule has 3 N–H and O–H groups in total. The van der Waals surface area contributed by atoms with Crippen molar-refractivity contribution in [2.24, 2.45) is 0 Å². The fourth-order valence-corrected chi connectivity index (χ4v) is 3.52. The number of nitrogens with one attached hydrogen (secondary N) is 1. The van der Waals surface area contributed by atoms with Crippen LogP contribution in [0, 0.1) is 5.82 Å². The van der Waals surface area contributed by atoms with Gasteiger partial charge in [0, 0.05) is 4.90 Å². The summed E-state index contributed by atoms with van der Waals surface area (Å²) in [5.41, 5.74) is 5.54. The van der Waals surface area contributed by atoms with Gasteiger partial charge in [0.25, 0.3) is 10.0 Å². The predicted octanol–water partition coefficient (Wildman–Crippen LogP) is 2.93. The van der Waals surface area contributed by atoms with E-state index in [0.717, 1.165) is 11.0 Å². The van der Waals surface area contributed by atoms with Crippen molar-refractivity contribution in [2.45, 2.75) is 9.79 Å². The van der Waals surface area contributed by atoms with Crippen molar-refractivity contribution in [3.8, 4) is 0 Å². The predicted molar refractivity (Wildman–Crippen MR) is 79.8 cm³/mol. The SMILES string of the molecule is CSc1ccccc1NS(=O)(=O)c1cccc(F)c1N. The maximum absolute atomic E-state index is 13.4. The number of nitrogen functional groups attached to an aromatic ring is 1. The lowest BCUT2D eigenvalue weighted by molar-refractivity contribution is 0.597. The molecule has 0 aliphatic rings. The standard InChI is InChI=1S/C13H13FN2O2S2/c1-19-11-7-3-2-6-10(11)16-20(17,18)12-8-4-5-9(14)13(12)15/h2-8,16H,15H2,1H3. The van der Waals surface area contributed by atoms with E-state index in [0.29, 0.717) is 5.69 Å². The number of nitrogens with two attached hydrogens (primary N) is 1. The highest BCUT2D eigenvalue weighted by atomic mass is 32.2. The van der Waals surface area contributed by atoms with E-state index < -0.39 is 15.8 Å². The van der Waals surface area contributed by atoms with Gasteiger partial charge in [-0.05, 0) is 30.5 Å². The molecule has 106 valence electrons. The van der Waals surface area contributed by atoms with Gasteiger partial charge < -0.3 is 5.73 Å². The van der Waals surface area contributed by atoms with Crippen LogP contribution >= 0.6 is 11.8 Å². The molecule has 0 aliphatic heterocycles. The van der Waals surface area contributed by atoms with Crippen LogP contribution in [0.5, 0.6) is 0 Å². The topological polar surface area (TPSA) is 72.2 Å². The van der Waals surface area contributed by atoms with Crippen LogP contribution in [0.15, 0.2) is 52.3 Å². The molecule has 0 aromatic heterocycles. The van der Waals surface area contributed by atoms with Crippen molar-refractivity contribution in [1.82, 2.24) is 0 Å². The maximum atomic E-state index is 13.4. The highest BCUT2D eigenvalue weighted by molar-refractivity contribution is 7.99. The lowest BCUT2D eigenvalue weighted by Gasteiger charge is -2.12. The minimum atomic E-state index is -3.93. The zero-order chi connectivity index (χ0) is 14.8. The van der Waals surface area contributed by atoms with Crippen LogP contribution in [-0.4, -0.2) is 14.7 Å². The monoisotopic (exact) mass is 312 g/mol. The van der Waals surface area contributed by atoms with Gasteiger partial charge >= 0.3 is 0 Å². The number of anilines is 2. The molecule has 0 saturated carbocycles. The lowest BCUT2D eigenvalue weighted by atomic mass is 10.3. The zero-order valence-electron chi connectivity index (χ0n) is 10.6. The van der Waals surface area contributed by atoms with E-state index in [2.05, 4.69) is 4.72 Å². The molecule has 0 unspecified atom stereocenters. The molecule has 20 heavy (non-hydrogen) atoms. The van der Waals surface area contributed by atoms with Crippen LogP contribution in [0.4, 0.5) is 15.8 Å². The minimum absolute atomic E-state index is 0.270. The van der Waals surface area contributed by atoms with Gasteiger partial charge in [-0.2, -0.15) is 0 Å². The van der Waals surface area contributed by atoms with Crippen LogP contribution in [0.2, 0.25) is 0 Å². The Morgan fingerprint density at radius 3 is 2.55 bits per heavy atom.